The summed E-state index contributed by atoms with van der Waals surface area (Å²) in [5.74, 6) is -1.41. The van der Waals surface area contributed by atoms with E-state index in [0.29, 0.717) is 0 Å². The van der Waals surface area contributed by atoms with Crippen LogP contribution < -0.4 is 5.32 Å². The summed E-state index contributed by atoms with van der Waals surface area (Å²) in [7, 11) is 0. The number of hydrogen-bond acceptors (Lipinski definition) is 3. The lowest BCUT2D eigenvalue weighted by Crippen LogP contribution is -2.41. The van der Waals surface area contributed by atoms with Gasteiger partial charge in [0.1, 0.15) is 11.6 Å². The van der Waals surface area contributed by atoms with Gasteiger partial charge in [-0.3, -0.25) is 0 Å². The smallest absolute Gasteiger partial charge is 0.131 e. The summed E-state index contributed by atoms with van der Waals surface area (Å²) in [6, 6.07) is 3.07. The zero-order chi connectivity index (χ0) is 14.5. The third-order valence-electron chi connectivity index (χ3n) is 3.87. The van der Waals surface area contributed by atoms with Crippen LogP contribution in [0, 0.1) is 11.6 Å². The fraction of sp³-hybridized carbons (Fsp3) is 0.600. The predicted octanol–water partition coefficient (Wildman–Crippen LogP) is 2.28. The van der Waals surface area contributed by atoms with Crippen molar-refractivity contribution in [1.29, 1.82) is 0 Å². The average molecular weight is 285 g/mol. The number of halogens is 2. The van der Waals surface area contributed by atoms with Crippen molar-refractivity contribution in [3.8, 4) is 0 Å². The summed E-state index contributed by atoms with van der Waals surface area (Å²) in [5.41, 5.74) is 0.0713. The van der Waals surface area contributed by atoms with Gasteiger partial charge in [-0.1, -0.05) is 25.3 Å². The molecule has 1 aliphatic rings. The molecule has 0 aromatic heterocycles. The number of hydrogen-bond donors (Lipinski definition) is 3. The van der Waals surface area contributed by atoms with Crippen molar-refractivity contribution in [2.45, 2.75) is 50.4 Å². The van der Waals surface area contributed by atoms with E-state index in [9.17, 15) is 19.0 Å². The van der Waals surface area contributed by atoms with Gasteiger partial charge in [0, 0.05) is 24.2 Å². The molecule has 3 unspecified atom stereocenters. The van der Waals surface area contributed by atoms with Crippen LogP contribution in [0.2, 0.25) is 0 Å². The fourth-order valence-corrected chi connectivity index (χ4v) is 2.67. The van der Waals surface area contributed by atoms with Gasteiger partial charge in [0.25, 0.3) is 0 Å². The molecule has 1 aromatic carbocycles. The second-order valence-corrected chi connectivity index (χ2v) is 5.40. The van der Waals surface area contributed by atoms with Crippen LogP contribution in [0.25, 0.3) is 0 Å². The molecule has 0 aliphatic heterocycles. The van der Waals surface area contributed by atoms with Crippen LogP contribution >= 0.6 is 0 Å². The van der Waals surface area contributed by atoms with E-state index in [1.165, 1.54) is 6.07 Å². The van der Waals surface area contributed by atoms with Gasteiger partial charge < -0.3 is 15.5 Å². The summed E-state index contributed by atoms with van der Waals surface area (Å²) in [4.78, 5) is 0. The maximum absolute atomic E-state index is 13.5. The molecule has 3 N–H and O–H groups in total. The van der Waals surface area contributed by atoms with Crippen molar-refractivity contribution in [3.63, 3.8) is 0 Å². The first kappa shape index (κ1) is 15.4. The first-order valence-corrected chi connectivity index (χ1v) is 7.12. The Labute approximate surface area is 117 Å². The SMILES string of the molecule is OC(CNC1CCCCCC1O)c1ccc(F)cc1F. The molecule has 1 fully saturated rings. The topological polar surface area (TPSA) is 52.5 Å². The molecular weight excluding hydrogens is 264 g/mol. The molecule has 1 aliphatic carbocycles. The number of aliphatic hydroxyl groups is 2. The van der Waals surface area contributed by atoms with E-state index >= 15 is 0 Å². The number of rotatable bonds is 4. The van der Waals surface area contributed by atoms with Crippen LogP contribution in [0.5, 0.6) is 0 Å². The first-order valence-electron chi connectivity index (χ1n) is 7.12. The first-order chi connectivity index (χ1) is 9.58. The van der Waals surface area contributed by atoms with Gasteiger partial charge in [-0.15, -0.1) is 0 Å². The van der Waals surface area contributed by atoms with E-state index in [-0.39, 0.29) is 18.2 Å². The maximum Gasteiger partial charge on any atom is 0.131 e. The Balaban J connectivity index is 1.92. The lowest BCUT2D eigenvalue weighted by atomic mass is 10.0. The minimum absolute atomic E-state index is 0.0713. The lowest BCUT2D eigenvalue weighted by Gasteiger charge is -2.23. The largest absolute Gasteiger partial charge is 0.392 e. The lowest BCUT2D eigenvalue weighted by molar-refractivity contribution is 0.103. The van der Waals surface area contributed by atoms with E-state index in [1.54, 1.807) is 0 Å². The molecule has 0 heterocycles. The zero-order valence-corrected chi connectivity index (χ0v) is 11.4. The van der Waals surface area contributed by atoms with Crippen molar-refractivity contribution in [3.05, 3.63) is 35.4 Å². The second kappa shape index (κ2) is 7.11. The van der Waals surface area contributed by atoms with Crippen molar-refractivity contribution in [1.82, 2.24) is 5.32 Å². The van der Waals surface area contributed by atoms with Crippen LogP contribution in [0.3, 0.4) is 0 Å². The Bertz CT molecular complexity index is 442. The van der Waals surface area contributed by atoms with Crippen LogP contribution in [-0.4, -0.2) is 28.9 Å². The zero-order valence-electron chi connectivity index (χ0n) is 11.4. The monoisotopic (exact) mass is 285 g/mol. The van der Waals surface area contributed by atoms with Crippen molar-refractivity contribution in [2.75, 3.05) is 6.54 Å². The molecule has 2 rings (SSSR count). The highest BCUT2D eigenvalue weighted by molar-refractivity contribution is 5.21. The van der Waals surface area contributed by atoms with Crippen LogP contribution in [0.15, 0.2) is 18.2 Å². The molecule has 1 aromatic rings. The average Bonchev–Trinajstić information content (AvgIpc) is 2.61. The minimum Gasteiger partial charge on any atom is -0.392 e. The Morgan fingerprint density at radius 1 is 1.20 bits per heavy atom. The molecule has 0 saturated heterocycles. The predicted molar refractivity (Wildman–Crippen MR) is 72.2 cm³/mol. The minimum atomic E-state index is -1.05. The molecular formula is C15H21F2NO2. The van der Waals surface area contributed by atoms with Gasteiger partial charge in [-0.05, 0) is 18.9 Å². The third kappa shape index (κ3) is 3.98. The van der Waals surface area contributed by atoms with Gasteiger partial charge in [-0.2, -0.15) is 0 Å². The standard InChI is InChI=1S/C15H21F2NO2/c16-10-6-7-11(12(17)8-10)15(20)9-18-13-4-2-1-3-5-14(13)19/h6-8,13-15,18-20H,1-5,9H2. The Morgan fingerprint density at radius 3 is 2.70 bits per heavy atom. The molecule has 0 amide bonds. The fourth-order valence-electron chi connectivity index (χ4n) is 2.67. The molecule has 5 heteroatoms. The number of aliphatic hydroxyl groups excluding tert-OH is 2. The number of benzene rings is 1. The highest BCUT2D eigenvalue weighted by atomic mass is 19.1. The summed E-state index contributed by atoms with van der Waals surface area (Å²) in [5, 5.41) is 23.0. The van der Waals surface area contributed by atoms with Crippen molar-refractivity contribution in [2.24, 2.45) is 0 Å². The van der Waals surface area contributed by atoms with Crippen molar-refractivity contribution >= 4 is 0 Å². The normalized spacial score (nSPS) is 25.2. The molecule has 0 spiro atoms. The second-order valence-electron chi connectivity index (χ2n) is 5.40. The summed E-state index contributed by atoms with van der Waals surface area (Å²) in [6.07, 6.45) is 3.27. The number of nitrogens with one attached hydrogen (secondary N) is 1. The van der Waals surface area contributed by atoms with E-state index < -0.39 is 23.8 Å². The van der Waals surface area contributed by atoms with Crippen LogP contribution in [-0.2, 0) is 0 Å². The van der Waals surface area contributed by atoms with E-state index in [1.807, 2.05) is 0 Å². The summed E-state index contributed by atoms with van der Waals surface area (Å²) in [6.45, 7) is 0.143. The molecule has 112 valence electrons. The Morgan fingerprint density at radius 2 is 1.95 bits per heavy atom. The van der Waals surface area contributed by atoms with E-state index in [2.05, 4.69) is 5.32 Å². The molecule has 20 heavy (non-hydrogen) atoms. The van der Waals surface area contributed by atoms with Gasteiger partial charge in [0.15, 0.2) is 0 Å². The van der Waals surface area contributed by atoms with Crippen molar-refractivity contribution < 1.29 is 19.0 Å². The molecule has 0 radical (unpaired) electrons. The molecule has 1 saturated carbocycles. The third-order valence-corrected chi connectivity index (χ3v) is 3.87. The highest BCUT2D eigenvalue weighted by Crippen LogP contribution is 2.20. The quantitative estimate of drug-likeness (QED) is 0.744. The van der Waals surface area contributed by atoms with Gasteiger partial charge >= 0.3 is 0 Å². The highest BCUT2D eigenvalue weighted by Gasteiger charge is 2.22. The molecule has 3 nitrogen and oxygen atoms in total. The van der Waals surface area contributed by atoms with Gasteiger partial charge in [-0.25, -0.2) is 8.78 Å². The van der Waals surface area contributed by atoms with Gasteiger partial charge in [0.2, 0.25) is 0 Å². The van der Waals surface area contributed by atoms with Gasteiger partial charge in [0.05, 0.1) is 12.2 Å². The Kier molecular flexibility index (Phi) is 5.46. The Hall–Kier alpha value is -1.04. The summed E-state index contributed by atoms with van der Waals surface area (Å²) < 4.78 is 26.3. The maximum atomic E-state index is 13.5. The van der Waals surface area contributed by atoms with E-state index in [4.69, 9.17) is 0 Å². The van der Waals surface area contributed by atoms with Crippen LogP contribution in [0.1, 0.15) is 43.8 Å². The summed E-state index contributed by atoms with van der Waals surface area (Å²) >= 11 is 0. The molecule has 0 bridgehead atoms. The molecule has 3 atom stereocenters. The van der Waals surface area contributed by atoms with Crippen LogP contribution in [0.4, 0.5) is 8.78 Å². The van der Waals surface area contributed by atoms with E-state index in [0.717, 1.165) is 44.2 Å².